The van der Waals surface area contributed by atoms with Crippen molar-refractivity contribution < 1.29 is 0 Å². The van der Waals surface area contributed by atoms with Crippen LogP contribution in [-0.2, 0) is 19.1 Å². The summed E-state index contributed by atoms with van der Waals surface area (Å²) in [5.41, 5.74) is 0.876. The van der Waals surface area contributed by atoms with Gasteiger partial charge >= 0.3 is 0 Å². The lowest BCUT2D eigenvalue weighted by Gasteiger charge is -2.17. The maximum Gasteiger partial charge on any atom is 0.148 e. The number of nitrogens with zero attached hydrogens (tertiary/aromatic N) is 5. The molecule has 2 heterocycles. The zero-order chi connectivity index (χ0) is 12.5. The lowest BCUT2D eigenvalue weighted by Crippen LogP contribution is -2.22. The third kappa shape index (κ3) is 2.83. The van der Waals surface area contributed by atoms with Crippen LogP contribution in [0.5, 0.6) is 0 Å². The van der Waals surface area contributed by atoms with Crippen molar-refractivity contribution in [1.82, 2.24) is 24.8 Å². The molecule has 0 spiro atoms. The van der Waals surface area contributed by atoms with Crippen LogP contribution in [0.2, 0.25) is 0 Å². The highest BCUT2D eigenvalue weighted by atomic mass is 15.4. The summed E-state index contributed by atoms with van der Waals surface area (Å²) in [6, 6.07) is 1.92. The standard InChI is InChI=1S/C11H18N6/c1-11(2,3)17-8-9(13-15-17)7-12-10-5-6-16(4)14-10/h5-6,8H,7H2,1-4H3,(H,12,14). The van der Waals surface area contributed by atoms with E-state index in [1.54, 1.807) is 4.68 Å². The average molecular weight is 234 g/mol. The van der Waals surface area contributed by atoms with Gasteiger partial charge in [0.25, 0.3) is 0 Å². The van der Waals surface area contributed by atoms with Crippen molar-refractivity contribution in [3.8, 4) is 0 Å². The van der Waals surface area contributed by atoms with Crippen LogP contribution in [0.1, 0.15) is 26.5 Å². The number of anilines is 1. The minimum Gasteiger partial charge on any atom is -0.363 e. The molecule has 0 saturated carbocycles. The number of nitrogens with one attached hydrogen (secondary N) is 1. The van der Waals surface area contributed by atoms with Gasteiger partial charge in [0.05, 0.1) is 18.3 Å². The Labute approximate surface area is 101 Å². The van der Waals surface area contributed by atoms with E-state index in [1.807, 2.05) is 30.2 Å². The summed E-state index contributed by atoms with van der Waals surface area (Å²) >= 11 is 0. The Bertz CT molecular complexity index is 490. The minimum atomic E-state index is -0.0315. The van der Waals surface area contributed by atoms with Gasteiger partial charge in [0, 0.05) is 19.3 Å². The van der Waals surface area contributed by atoms with Gasteiger partial charge in [-0.1, -0.05) is 5.21 Å². The molecule has 0 aliphatic rings. The Morgan fingerprint density at radius 2 is 2.12 bits per heavy atom. The van der Waals surface area contributed by atoms with Crippen LogP contribution in [0.3, 0.4) is 0 Å². The molecule has 0 radical (unpaired) electrons. The number of aryl methyl sites for hydroxylation is 1. The van der Waals surface area contributed by atoms with Gasteiger partial charge in [0.2, 0.25) is 0 Å². The van der Waals surface area contributed by atoms with Crippen LogP contribution in [-0.4, -0.2) is 24.8 Å². The van der Waals surface area contributed by atoms with Crippen LogP contribution in [0.4, 0.5) is 5.82 Å². The second kappa shape index (κ2) is 4.20. The highest BCUT2D eigenvalue weighted by molar-refractivity contribution is 5.32. The summed E-state index contributed by atoms with van der Waals surface area (Å²) in [5.74, 6) is 0.845. The van der Waals surface area contributed by atoms with Gasteiger partial charge in [0.15, 0.2) is 0 Å². The van der Waals surface area contributed by atoms with Crippen molar-refractivity contribution in [2.45, 2.75) is 32.9 Å². The topological polar surface area (TPSA) is 60.6 Å². The minimum absolute atomic E-state index is 0.0315. The van der Waals surface area contributed by atoms with Gasteiger partial charge < -0.3 is 5.32 Å². The Morgan fingerprint density at radius 3 is 2.65 bits per heavy atom. The summed E-state index contributed by atoms with van der Waals surface area (Å²) in [7, 11) is 1.89. The van der Waals surface area contributed by atoms with E-state index in [9.17, 15) is 0 Å². The van der Waals surface area contributed by atoms with Crippen LogP contribution in [0, 0.1) is 0 Å². The molecule has 17 heavy (non-hydrogen) atoms. The molecular formula is C11H18N6. The molecule has 0 fully saturated rings. The van der Waals surface area contributed by atoms with Crippen molar-refractivity contribution in [3.05, 3.63) is 24.2 Å². The van der Waals surface area contributed by atoms with Crippen molar-refractivity contribution >= 4 is 5.82 Å². The van der Waals surface area contributed by atoms with Gasteiger partial charge in [-0.2, -0.15) is 5.10 Å². The van der Waals surface area contributed by atoms with Crippen LogP contribution in [0.25, 0.3) is 0 Å². The molecule has 92 valence electrons. The lowest BCUT2D eigenvalue weighted by atomic mass is 10.1. The molecule has 0 atom stereocenters. The Morgan fingerprint density at radius 1 is 1.35 bits per heavy atom. The fourth-order valence-electron chi connectivity index (χ4n) is 1.40. The van der Waals surface area contributed by atoms with Crippen molar-refractivity contribution in [3.63, 3.8) is 0 Å². The van der Waals surface area contributed by atoms with E-state index in [0.717, 1.165) is 11.5 Å². The monoisotopic (exact) mass is 234 g/mol. The lowest BCUT2D eigenvalue weighted by molar-refractivity contribution is 0.347. The van der Waals surface area contributed by atoms with Gasteiger partial charge in [-0.15, -0.1) is 5.10 Å². The number of rotatable bonds is 3. The smallest absolute Gasteiger partial charge is 0.148 e. The van der Waals surface area contributed by atoms with Crippen LogP contribution in [0.15, 0.2) is 18.5 Å². The maximum absolute atomic E-state index is 4.23. The van der Waals surface area contributed by atoms with Gasteiger partial charge in [-0.05, 0) is 20.8 Å². The molecular weight excluding hydrogens is 216 g/mol. The van der Waals surface area contributed by atoms with Gasteiger partial charge in [-0.25, -0.2) is 4.68 Å². The molecule has 0 saturated heterocycles. The summed E-state index contributed by atoms with van der Waals surface area (Å²) < 4.78 is 3.62. The second-order valence-electron chi connectivity index (χ2n) is 5.05. The first kappa shape index (κ1) is 11.6. The molecule has 2 aromatic rings. The van der Waals surface area contributed by atoms with E-state index in [-0.39, 0.29) is 5.54 Å². The fraction of sp³-hybridized carbons (Fsp3) is 0.545. The molecule has 6 heteroatoms. The molecule has 0 amide bonds. The highest BCUT2D eigenvalue weighted by Crippen LogP contribution is 2.12. The van der Waals surface area contributed by atoms with E-state index in [4.69, 9.17) is 0 Å². The largest absolute Gasteiger partial charge is 0.363 e. The Balaban J connectivity index is 1.98. The normalized spacial score (nSPS) is 11.8. The molecule has 0 aliphatic heterocycles. The van der Waals surface area contributed by atoms with E-state index >= 15 is 0 Å². The maximum atomic E-state index is 4.23. The molecule has 2 rings (SSSR count). The first-order chi connectivity index (χ1) is 7.95. The van der Waals surface area contributed by atoms with E-state index in [2.05, 4.69) is 41.5 Å². The fourth-order valence-corrected chi connectivity index (χ4v) is 1.40. The first-order valence-electron chi connectivity index (χ1n) is 5.60. The zero-order valence-corrected chi connectivity index (χ0v) is 10.7. The highest BCUT2D eigenvalue weighted by Gasteiger charge is 2.14. The molecule has 1 N–H and O–H groups in total. The SMILES string of the molecule is Cn1ccc(NCc2cn(C(C)(C)C)nn2)n1. The molecule has 0 bridgehead atoms. The predicted octanol–water partition coefficient (Wildman–Crippen LogP) is 1.38. The Hall–Kier alpha value is -1.85. The molecule has 2 aromatic heterocycles. The van der Waals surface area contributed by atoms with Crippen LogP contribution >= 0.6 is 0 Å². The van der Waals surface area contributed by atoms with Gasteiger partial charge in [0.1, 0.15) is 11.5 Å². The third-order valence-electron chi connectivity index (χ3n) is 2.39. The molecule has 0 aliphatic carbocycles. The predicted molar refractivity (Wildman–Crippen MR) is 65.6 cm³/mol. The van der Waals surface area contributed by atoms with E-state index < -0.39 is 0 Å². The molecule has 0 unspecified atom stereocenters. The van der Waals surface area contributed by atoms with E-state index in [0.29, 0.717) is 6.54 Å². The number of hydrogen-bond acceptors (Lipinski definition) is 4. The van der Waals surface area contributed by atoms with E-state index in [1.165, 1.54) is 0 Å². The second-order valence-corrected chi connectivity index (χ2v) is 5.05. The summed E-state index contributed by atoms with van der Waals surface area (Å²) in [4.78, 5) is 0. The van der Waals surface area contributed by atoms with Gasteiger partial charge in [-0.3, -0.25) is 4.68 Å². The number of hydrogen-bond donors (Lipinski definition) is 1. The van der Waals surface area contributed by atoms with Crippen molar-refractivity contribution in [1.29, 1.82) is 0 Å². The zero-order valence-electron chi connectivity index (χ0n) is 10.7. The van der Waals surface area contributed by atoms with Crippen LogP contribution < -0.4 is 5.32 Å². The number of aromatic nitrogens is 5. The van der Waals surface area contributed by atoms with Crippen molar-refractivity contribution in [2.24, 2.45) is 7.05 Å². The summed E-state index contributed by atoms with van der Waals surface area (Å²) in [6.45, 7) is 6.92. The average Bonchev–Trinajstić information content (AvgIpc) is 2.82. The first-order valence-corrected chi connectivity index (χ1v) is 5.60. The molecule has 0 aromatic carbocycles. The summed E-state index contributed by atoms with van der Waals surface area (Å²) in [5, 5.41) is 15.7. The molecule has 6 nitrogen and oxygen atoms in total. The Kier molecular flexibility index (Phi) is 2.87. The summed E-state index contributed by atoms with van der Waals surface area (Å²) in [6.07, 6.45) is 3.85. The van der Waals surface area contributed by atoms with Crippen molar-refractivity contribution in [2.75, 3.05) is 5.32 Å². The third-order valence-corrected chi connectivity index (χ3v) is 2.39. The quantitative estimate of drug-likeness (QED) is 0.871.